The zero-order valence-electron chi connectivity index (χ0n) is 12.1. The fraction of sp³-hybridized carbons (Fsp3) is 0.400. The van der Waals surface area contributed by atoms with Gasteiger partial charge >= 0.3 is 5.69 Å². The molecular weight excluding hydrogens is 284 g/mol. The molecule has 1 aliphatic heterocycles. The van der Waals surface area contributed by atoms with Gasteiger partial charge in [-0.3, -0.25) is 9.78 Å². The summed E-state index contributed by atoms with van der Waals surface area (Å²) in [6, 6.07) is 3.74. The maximum atomic E-state index is 12.6. The number of nitrogens with one attached hydrogen (secondary N) is 2. The molecule has 0 aliphatic carbocycles. The maximum absolute atomic E-state index is 12.6. The molecular formula is C15H18N4O3. The Morgan fingerprint density at radius 3 is 2.86 bits per heavy atom. The lowest BCUT2D eigenvalue weighted by molar-refractivity contribution is 0.0503. The highest BCUT2D eigenvalue weighted by atomic mass is 16.5. The van der Waals surface area contributed by atoms with Gasteiger partial charge < -0.3 is 19.6 Å². The smallest absolute Gasteiger partial charge is 0.323 e. The second kappa shape index (κ2) is 6.57. The zero-order valence-corrected chi connectivity index (χ0v) is 12.1. The molecule has 1 atom stereocenters. The minimum atomic E-state index is -0.385. The van der Waals surface area contributed by atoms with E-state index >= 15 is 0 Å². The largest absolute Gasteiger partial charge is 0.376 e. The molecule has 116 valence electrons. The molecule has 1 unspecified atom stereocenters. The number of nitrogens with zero attached hydrogens (tertiary/aromatic N) is 2. The Hall–Kier alpha value is -2.41. The van der Waals surface area contributed by atoms with Crippen molar-refractivity contribution in [2.45, 2.75) is 25.5 Å². The van der Waals surface area contributed by atoms with Crippen molar-refractivity contribution >= 4 is 5.91 Å². The Kier molecular flexibility index (Phi) is 4.34. The van der Waals surface area contributed by atoms with Crippen LogP contribution in [-0.2, 0) is 11.3 Å². The van der Waals surface area contributed by atoms with E-state index in [1.165, 1.54) is 6.20 Å². The Labute approximate surface area is 127 Å². The molecule has 7 nitrogen and oxygen atoms in total. The third-order valence-electron chi connectivity index (χ3n) is 3.68. The predicted octanol–water partition coefficient (Wildman–Crippen LogP) is 0.919. The van der Waals surface area contributed by atoms with Gasteiger partial charge in [-0.05, 0) is 30.5 Å². The van der Waals surface area contributed by atoms with Crippen molar-refractivity contribution < 1.29 is 9.53 Å². The lowest BCUT2D eigenvalue weighted by Crippen LogP contribution is -2.37. The van der Waals surface area contributed by atoms with Crippen LogP contribution in [-0.4, -0.2) is 45.0 Å². The van der Waals surface area contributed by atoms with Crippen LogP contribution < -0.4 is 5.69 Å². The number of H-pyrrole nitrogens is 2. The van der Waals surface area contributed by atoms with Crippen LogP contribution in [0.3, 0.4) is 0 Å². The van der Waals surface area contributed by atoms with Crippen LogP contribution in [0.2, 0.25) is 0 Å². The van der Waals surface area contributed by atoms with Gasteiger partial charge in [0, 0.05) is 38.3 Å². The van der Waals surface area contributed by atoms with E-state index in [2.05, 4.69) is 15.0 Å². The van der Waals surface area contributed by atoms with Gasteiger partial charge in [-0.15, -0.1) is 0 Å². The molecule has 2 aromatic rings. The number of imidazole rings is 1. The van der Waals surface area contributed by atoms with Crippen LogP contribution in [0.15, 0.2) is 35.5 Å². The molecule has 0 spiro atoms. The van der Waals surface area contributed by atoms with Gasteiger partial charge in [-0.2, -0.15) is 0 Å². The number of aromatic nitrogens is 3. The summed E-state index contributed by atoms with van der Waals surface area (Å²) in [6.45, 7) is 1.70. The molecule has 1 amide bonds. The SMILES string of the molecule is O=C(c1c[nH]c(=O)[nH]1)N(Cc1ccncc1)CC1CCCO1. The van der Waals surface area contributed by atoms with Crippen LogP contribution in [0.1, 0.15) is 28.9 Å². The van der Waals surface area contributed by atoms with Crippen LogP contribution in [0.25, 0.3) is 0 Å². The van der Waals surface area contributed by atoms with Gasteiger partial charge in [0.1, 0.15) is 5.69 Å². The van der Waals surface area contributed by atoms with Crippen molar-refractivity contribution in [1.29, 1.82) is 0 Å². The second-order valence-corrected chi connectivity index (χ2v) is 5.33. The Morgan fingerprint density at radius 1 is 1.41 bits per heavy atom. The predicted molar refractivity (Wildman–Crippen MR) is 79.4 cm³/mol. The number of carbonyl (C=O) groups excluding carboxylic acids is 1. The van der Waals surface area contributed by atoms with Crippen molar-refractivity contribution in [3.63, 3.8) is 0 Å². The van der Waals surface area contributed by atoms with Crippen molar-refractivity contribution in [3.8, 4) is 0 Å². The monoisotopic (exact) mass is 302 g/mol. The maximum Gasteiger partial charge on any atom is 0.323 e. The highest BCUT2D eigenvalue weighted by molar-refractivity contribution is 5.92. The molecule has 3 heterocycles. The van der Waals surface area contributed by atoms with E-state index in [1.54, 1.807) is 17.3 Å². The summed E-state index contributed by atoms with van der Waals surface area (Å²) in [5.74, 6) is -0.217. The van der Waals surface area contributed by atoms with E-state index in [4.69, 9.17) is 4.74 Å². The van der Waals surface area contributed by atoms with Crippen LogP contribution in [0.5, 0.6) is 0 Å². The lowest BCUT2D eigenvalue weighted by Gasteiger charge is -2.25. The van der Waals surface area contributed by atoms with E-state index in [1.807, 2.05) is 12.1 Å². The summed E-state index contributed by atoms with van der Waals surface area (Å²) in [6.07, 6.45) is 6.81. The summed E-state index contributed by atoms with van der Waals surface area (Å²) in [5.41, 5.74) is 0.862. The summed E-state index contributed by atoms with van der Waals surface area (Å²) >= 11 is 0. The number of hydrogen-bond donors (Lipinski definition) is 2. The average Bonchev–Trinajstić information content (AvgIpc) is 3.18. The van der Waals surface area contributed by atoms with Crippen LogP contribution in [0.4, 0.5) is 0 Å². The topological polar surface area (TPSA) is 91.1 Å². The van der Waals surface area contributed by atoms with E-state index in [0.717, 1.165) is 25.0 Å². The molecule has 3 rings (SSSR count). The van der Waals surface area contributed by atoms with Crippen LogP contribution >= 0.6 is 0 Å². The molecule has 1 saturated heterocycles. The van der Waals surface area contributed by atoms with E-state index in [0.29, 0.717) is 13.1 Å². The summed E-state index contributed by atoms with van der Waals surface area (Å²) in [4.78, 5) is 34.5. The number of hydrogen-bond acceptors (Lipinski definition) is 4. The molecule has 0 radical (unpaired) electrons. The van der Waals surface area contributed by atoms with Gasteiger partial charge in [0.25, 0.3) is 5.91 Å². The number of rotatable bonds is 5. The molecule has 2 aromatic heterocycles. The quantitative estimate of drug-likeness (QED) is 0.859. The molecule has 2 N–H and O–H groups in total. The normalized spacial score (nSPS) is 17.5. The molecule has 1 fully saturated rings. The van der Waals surface area contributed by atoms with Gasteiger partial charge in [-0.25, -0.2) is 4.79 Å². The lowest BCUT2D eigenvalue weighted by atomic mass is 10.2. The molecule has 0 aromatic carbocycles. The second-order valence-electron chi connectivity index (χ2n) is 5.33. The van der Waals surface area contributed by atoms with E-state index < -0.39 is 0 Å². The van der Waals surface area contributed by atoms with Crippen molar-refractivity contribution in [3.05, 3.63) is 52.5 Å². The summed E-state index contributed by atoms with van der Waals surface area (Å²) in [7, 11) is 0. The molecule has 7 heteroatoms. The van der Waals surface area contributed by atoms with Gasteiger partial charge in [0.2, 0.25) is 0 Å². The first kappa shape index (κ1) is 14.5. The Balaban J connectivity index is 1.78. The third kappa shape index (κ3) is 3.43. The Bertz CT molecular complexity index is 673. The highest BCUT2D eigenvalue weighted by Crippen LogP contribution is 2.16. The van der Waals surface area contributed by atoms with Crippen LogP contribution in [0, 0.1) is 0 Å². The van der Waals surface area contributed by atoms with Gasteiger partial charge in [-0.1, -0.05) is 0 Å². The third-order valence-corrected chi connectivity index (χ3v) is 3.68. The van der Waals surface area contributed by atoms with E-state index in [9.17, 15) is 9.59 Å². The standard InChI is InChI=1S/C15H18N4O3/c20-14(13-8-17-15(21)18-13)19(10-12-2-1-7-22-12)9-11-3-5-16-6-4-11/h3-6,8,12H,1-2,7,9-10H2,(H2,17,18,21). The minimum absolute atomic E-state index is 0.0523. The first-order valence-corrected chi connectivity index (χ1v) is 7.30. The highest BCUT2D eigenvalue weighted by Gasteiger charge is 2.24. The summed E-state index contributed by atoms with van der Waals surface area (Å²) in [5, 5.41) is 0. The fourth-order valence-electron chi connectivity index (χ4n) is 2.58. The average molecular weight is 302 g/mol. The van der Waals surface area contributed by atoms with Gasteiger partial charge in [0.05, 0.1) is 6.10 Å². The van der Waals surface area contributed by atoms with E-state index in [-0.39, 0.29) is 23.4 Å². The number of aromatic amines is 2. The minimum Gasteiger partial charge on any atom is -0.376 e. The number of amides is 1. The number of pyridine rings is 1. The van der Waals surface area contributed by atoms with Gasteiger partial charge in [0.15, 0.2) is 0 Å². The Morgan fingerprint density at radius 2 is 2.23 bits per heavy atom. The van der Waals surface area contributed by atoms with Crippen molar-refractivity contribution in [2.24, 2.45) is 0 Å². The summed E-state index contributed by atoms with van der Waals surface area (Å²) < 4.78 is 5.63. The molecule has 0 saturated carbocycles. The van der Waals surface area contributed by atoms with Crippen molar-refractivity contribution in [1.82, 2.24) is 19.9 Å². The first-order chi connectivity index (χ1) is 10.7. The fourth-order valence-corrected chi connectivity index (χ4v) is 2.58. The molecule has 0 bridgehead atoms. The molecule has 1 aliphatic rings. The first-order valence-electron chi connectivity index (χ1n) is 7.30. The zero-order chi connectivity index (χ0) is 15.4. The number of ether oxygens (including phenoxy) is 1. The molecule has 22 heavy (non-hydrogen) atoms. The van der Waals surface area contributed by atoms with Crippen molar-refractivity contribution in [2.75, 3.05) is 13.2 Å². The number of carbonyl (C=O) groups is 1.